The Morgan fingerprint density at radius 2 is 1.91 bits per heavy atom. The molecule has 2 aliphatic carbocycles. The Kier molecular flexibility index (Phi) is 1.38. The molecule has 0 bridgehead atoms. The van der Waals surface area contributed by atoms with Gasteiger partial charge in [0.15, 0.2) is 0 Å². The minimum atomic E-state index is 1.11. The minimum absolute atomic E-state index is 1.11. The molecule has 0 aliphatic heterocycles. The van der Waals surface area contributed by atoms with Crippen LogP contribution in [0.1, 0.15) is 13.8 Å². The average Bonchev–Trinajstić information content (AvgIpc) is 2.70. The molecule has 0 amide bonds. The van der Waals surface area contributed by atoms with Gasteiger partial charge in [0.2, 0.25) is 0 Å². The highest BCUT2D eigenvalue weighted by molar-refractivity contribution is 5.93. The summed E-state index contributed by atoms with van der Waals surface area (Å²) < 4.78 is 0. The summed E-state index contributed by atoms with van der Waals surface area (Å²) in [6, 6.07) is 6.66. The van der Waals surface area contributed by atoms with Crippen molar-refractivity contribution in [1.29, 1.82) is 0 Å². The van der Waals surface area contributed by atoms with Crippen molar-refractivity contribution in [1.82, 2.24) is 0 Å². The Hall–Kier alpha value is -0.980. The molecule has 0 saturated carbocycles. The van der Waals surface area contributed by atoms with Crippen LogP contribution in [0.3, 0.4) is 0 Å². The fourth-order valence-electron chi connectivity index (χ4n) is 1.58. The third-order valence-corrected chi connectivity index (χ3v) is 2.33. The van der Waals surface area contributed by atoms with E-state index in [2.05, 4.69) is 36.9 Å². The van der Waals surface area contributed by atoms with E-state index in [-0.39, 0.29) is 0 Å². The quantitative estimate of drug-likeness (QED) is 0.644. The topological polar surface area (TPSA) is 3.24 Å². The van der Waals surface area contributed by atoms with Gasteiger partial charge in [0, 0.05) is 24.3 Å². The highest BCUT2D eigenvalue weighted by Gasteiger charge is 2.19. The maximum absolute atomic E-state index is 2.39. The molecule has 2 rings (SSSR count). The van der Waals surface area contributed by atoms with Gasteiger partial charge in [-0.25, -0.2) is 0 Å². The molecule has 0 spiro atoms. The summed E-state index contributed by atoms with van der Waals surface area (Å²) >= 11 is 0. The van der Waals surface area contributed by atoms with E-state index >= 15 is 0 Å². The number of fused-ring (bicyclic) bond motifs is 1. The summed E-state index contributed by atoms with van der Waals surface area (Å²) in [6.45, 7) is 6.62. The lowest BCUT2D eigenvalue weighted by Crippen LogP contribution is -2.21. The number of rotatable bonds is 3. The molecule has 58 valence electrons. The smallest absolute Gasteiger partial charge is 0.0446 e. The van der Waals surface area contributed by atoms with Gasteiger partial charge in [-0.2, -0.15) is 0 Å². The van der Waals surface area contributed by atoms with E-state index in [1.165, 1.54) is 16.8 Å². The van der Waals surface area contributed by atoms with E-state index in [1.807, 2.05) is 0 Å². The van der Waals surface area contributed by atoms with E-state index in [1.54, 1.807) is 0 Å². The lowest BCUT2D eigenvalue weighted by molar-refractivity contribution is 0.870. The Morgan fingerprint density at radius 3 is 2.27 bits per heavy atom. The van der Waals surface area contributed by atoms with Crippen molar-refractivity contribution >= 4 is 5.69 Å². The van der Waals surface area contributed by atoms with Crippen LogP contribution in [-0.2, 0) is 0 Å². The molecule has 11 heavy (non-hydrogen) atoms. The molecule has 0 aromatic rings. The molecule has 0 heterocycles. The number of nitrogens with zero attached hydrogens (tertiary/aromatic N) is 1. The van der Waals surface area contributed by atoms with Crippen molar-refractivity contribution in [3.05, 3.63) is 18.2 Å². The van der Waals surface area contributed by atoms with Gasteiger partial charge in [-0.15, -0.1) is 0 Å². The first kappa shape index (κ1) is 6.71. The third-order valence-electron chi connectivity index (χ3n) is 2.33. The van der Waals surface area contributed by atoms with Crippen molar-refractivity contribution < 1.29 is 0 Å². The van der Waals surface area contributed by atoms with Gasteiger partial charge >= 0.3 is 0 Å². The van der Waals surface area contributed by atoms with Crippen LogP contribution in [0.2, 0.25) is 0 Å². The van der Waals surface area contributed by atoms with Crippen LogP contribution in [0.4, 0.5) is 5.69 Å². The van der Waals surface area contributed by atoms with Gasteiger partial charge in [0.1, 0.15) is 0 Å². The van der Waals surface area contributed by atoms with Gasteiger partial charge in [-0.05, 0) is 31.5 Å². The van der Waals surface area contributed by atoms with E-state index in [9.17, 15) is 0 Å². The van der Waals surface area contributed by atoms with Crippen molar-refractivity contribution in [2.45, 2.75) is 13.8 Å². The zero-order chi connectivity index (χ0) is 7.84. The molecular formula is C10H13N. The molecule has 0 saturated heterocycles. The molecular weight excluding hydrogens is 134 g/mol. The molecule has 0 N–H and O–H groups in total. The first-order chi connectivity index (χ1) is 5.36. The summed E-state index contributed by atoms with van der Waals surface area (Å²) in [4.78, 5) is 2.39. The molecule has 0 unspecified atom stereocenters. The average molecular weight is 147 g/mol. The molecule has 2 aliphatic rings. The van der Waals surface area contributed by atoms with Crippen LogP contribution in [0.5, 0.6) is 0 Å². The number of hydrogen-bond acceptors (Lipinski definition) is 1. The first-order valence-electron chi connectivity index (χ1n) is 4.26. The van der Waals surface area contributed by atoms with Gasteiger partial charge in [0.05, 0.1) is 0 Å². The van der Waals surface area contributed by atoms with Crippen molar-refractivity contribution in [2.24, 2.45) is 0 Å². The number of benzene rings is 1. The van der Waals surface area contributed by atoms with Crippen LogP contribution in [0.15, 0.2) is 18.2 Å². The van der Waals surface area contributed by atoms with Gasteiger partial charge in [-0.3, -0.25) is 0 Å². The summed E-state index contributed by atoms with van der Waals surface area (Å²) in [5, 5.41) is 0. The normalized spacial score (nSPS) is 11.5. The van der Waals surface area contributed by atoms with Crippen LogP contribution < -0.4 is 4.90 Å². The number of hydrogen-bond donors (Lipinski definition) is 0. The summed E-state index contributed by atoms with van der Waals surface area (Å²) in [5.41, 5.74) is 4.32. The Balaban J connectivity index is 2.22. The lowest BCUT2D eigenvalue weighted by atomic mass is 10.4. The van der Waals surface area contributed by atoms with Gasteiger partial charge in [0.25, 0.3) is 0 Å². The fourth-order valence-corrected chi connectivity index (χ4v) is 1.58. The summed E-state index contributed by atoms with van der Waals surface area (Å²) in [5.74, 6) is 0. The summed E-state index contributed by atoms with van der Waals surface area (Å²) in [7, 11) is 0. The maximum atomic E-state index is 2.39. The zero-order valence-corrected chi connectivity index (χ0v) is 7.09. The second-order valence-corrected chi connectivity index (χ2v) is 2.90. The molecule has 0 fully saturated rings. The van der Waals surface area contributed by atoms with Crippen molar-refractivity contribution in [3.63, 3.8) is 0 Å². The second-order valence-electron chi connectivity index (χ2n) is 2.90. The standard InChI is InChI=1S/C10H13N/c1-3-11(4-2)10-6-5-8-7-9(8)10/h5-7H,3-4H2,1-2H3. The molecule has 1 heteroatoms. The molecule has 0 radical (unpaired) electrons. The van der Waals surface area contributed by atoms with Crippen LogP contribution >= 0.6 is 0 Å². The monoisotopic (exact) mass is 147 g/mol. The van der Waals surface area contributed by atoms with Crippen LogP contribution in [-0.4, -0.2) is 13.1 Å². The van der Waals surface area contributed by atoms with Crippen molar-refractivity contribution in [2.75, 3.05) is 18.0 Å². The molecule has 0 aromatic heterocycles. The largest absolute Gasteiger partial charge is 0.372 e. The molecule has 0 aromatic carbocycles. The van der Waals surface area contributed by atoms with E-state index in [0.29, 0.717) is 0 Å². The third kappa shape index (κ3) is 0.917. The van der Waals surface area contributed by atoms with Gasteiger partial charge < -0.3 is 4.90 Å². The maximum Gasteiger partial charge on any atom is 0.0446 e. The highest BCUT2D eigenvalue weighted by Crippen LogP contribution is 2.43. The Morgan fingerprint density at radius 1 is 1.18 bits per heavy atom. The highest BCUT2D eigenvalue weighted by atomic mass is 15.1. The predicted octanol–water partition coefficient (Wildman–Crippen LogP) is 2.51. The van der Waals surface area contributed by atoms with Crippen LogP contribution in [0.25, 0.3) is 11.1 Å². The predicted molar refractivity (Wildman–Crippen MR) is 49.0 cm³/mol. The second kappa shape index (κ2) is 2.26. The lowest BCUT2D eigenvalue weighted by Gasteiger charge is -2.19. The zero-order valence-electron chi connectivity index (χ0n) is 7.09. The fraction of sp³-hybridized carbons (Fsp3) is 0.400. The SMILES string of the molecule is CCN(CC)c1ccc2cc1-2. The van der Waals surface area contributed by atoms with E-state index in [0.717, 1.165) is 13.1 Å². The minimum Gasteiger partial charge on any atom is -0.372 e. The first-order valence-corrected chi connectivity index (χ1v) is 4.26. The van der Waals surface area contributed by atoms with Gasteiger partial charge in [-0.1, -0.05) is 6.07 Å². The van der Waals surface area contributed by atoms with E-state index < -0.39 is 0 Å². The summed E-state index contributed by atoms with van der Waals surface area (Å²) in [6.07, 6.45) is 0. The Bertz CT molecular complexity index is 274. The Labute approximate surface area is 67.6 Å². The number of anilines is 1. The van der Waals surface area contributed by atoms with Crippen molar-refractivity contribution in [3.8, 4) is 11.1 Å². The molecule has 1 nitrogen and oxygen atoms in total. The van der Waals surface area contributed by atoms with Crippen LogP contribution in [0, 0.1) is 0 Å². The van der Waals surface area contributed by atoms with E-state index in [4.69, 9.17) is 0 Å². The molecule has 0 atom stereocenters.